The topological polar surface area (TPSA) is 85.2 Å². The Bertz CT molecular complexity index is 459. The molecule has 1 aromatic rings. The third-order valence-electron chi connectivity index (χ3n) is 2.82. The standard InChI is InChI=1S/C14H20O6/c1-10(16)20-9-14(17,8-15)7-11-4-5-12(18-2)13(6-11)19-3/h4-6,15,17H,7-9H2,1-3H3/t14-/m1/s1. The number of esters is 1. The summed E-state index contributed by atoms with van der Waals surface area (Å²) in [5, 5.41) is 19.5. The van der Waals surface area contributed by atoms with Crippen LogP contribution in [0.2, 0.25) is 0 Å². The fraction of sp³-hybridized carbons (Fsp3) is 0.500. The smallest absolute Gasteiger partial charge is 0.302 e. The number of carbonyl (C=O) groups is 1. The van der Waals surface area contributed by atoms with Gasteiger partial charge < -0.3 is 24.4 Å². The highest BCUT2D eigenvalue weighted by atomic mass is 16.5. The second-order valence-corrected chi connectivity index (χ2v) is 4.53. The number of aliphatic hydroxyl groups is 2. The van der Waals surface area contributed by atoms with Crippen LogP contribution in [0.4, 0.5) is 0 Å². The lowest BCUT2D eigenvalue weighted by Gasteiger charge is -2.25. The molecule has 6 heteroatoms. The minimum absolute atomic E-state index is 0.122. The van der Waals surface area contributed by atoms with Gasteiger partial charge in [0.15, 0.2) is 11.5 Å². The van der Waals surface area contributed by atoms with Crippen molar-refractivity contribution in [2.75, 3.05) is 27.4 Å². The molecule has 0 amide bonds. The molecule has 0 spiro atoms. The third-order valence-corrected chi connectivity index (χ3v) is 2.82. The Kier molecular flexibility index (Phi) is 5.79. The van der Waals surface area contributed by atoms with Crippen LogP contribution in [-0.2, 0) is 16.0 Å². The van der Waals surface area contributed by atoms with Crippen molar-refractivity contribution in [3.05, 3.63) is 23.8 Å². The normalized spacial score (nSPS) is 13.4. The van der Waals surface area contributed by atoms with Crippen molar-refractivity contribution in [2.24, 2.45) is 0 Å². The van der Waals surface area contributed by atoms with Gasteiger partial charge in [-0.1, -0.05) is 6.07 Å². The van der Waals surface area contributed by atoms with Crippen molar-refractivity contribution < 1.29 is 29.2 Å². The number of hydrogen-bond acceptors (Lipinski definition) is 6. The Morgan fingerprint density at radius 1 is 1.25 bits per heavy atom. The average molecular weight is 284 g/mol. The monoisotopic (exact) mass is 284 g/mol. The SMILES string of the molecule is COc1ccc(C[C@@](O)(CO)COC(C)=O)cc1OC. The molecule has 112 valence electrons. The number of benzene rings is 1. The number of carbonyl (C=O) groups excluding carboxylic acids is 1. The molecular weight excluding hydrogens is 264 g/mol. The molecule has 0 aliphatic rings. The third kappa shape index (κ3) is 4.40. The van der Waals surface area contributed by atoms with Crippen LogP contribution in [0.15, 0.2) is 18.2 Å². The van der Waals surface area contributed by atoms with Gasteiger partial charge in [-0.25, -0.2) is 0 Å². The first kappa shape index (κ1) is 16.3. The summed E-state index contributed by atoms with van der Waals surface area (Å²) in [5.41, 5.74) is -0.794. The summed E-state index contributed by atoms with van der Waals surface area (Å²) in [6.07, 6.45) is 0.122. The van der Waals surface area contributed by atoms with Crippen LogP contribution in [0.5, 0.6) is 11.5 Å². The molecule has 1 rings (SSSR count). The Labute approximate surface area is 117 Å². The zero-order valence-corrected chi connectivity index (χ0v) is 11.9. The van der Waals surface area contributed by atoms with Crippen molar-refractivity contribution in [1.29, 1.82) is 0 Å². The number of rotatable bonds is 7. The predicted octanol–water partition coefficient (Wildman–Crippen LogP) is 0.533. The van der Waals surface area contributed by atoms with Crippen LogP contribution < -0.4 is 9.47 Å². The number of methoxy groups -OCH3 is 2. The molecule has 0 aliphatic carbocycles. The molecule has 0 fully saturated rings. The summed E-state index contributed by atoms with van der Waals surface area (Å²) < 4.78 is 15.1. The first-order valence-corrected chi connectivity index (χ1v) is 6.11. The lowest BCUT2D eigenvalue weighted by Crippen LogP contribution is -2.41. The van der Waals surface area contributed by atoms with E-state index in [9.17, 15) is 15.0 Å². The van der Waals surface area contributed by atoms with Crippen LogP contribution >= 0.6 is 0 Å². The van der Waals surface area contributed by atoms with E-state index in [-0.39, 0.29) is 13.0 Å². The maximum Gasteiger partial charge on any atom is 0.302 e. The molecule has 0 saturated heterocycles. The van der Waals surface area contributed by atoms with Crippen molar-refractivity contribution in [3.63, 3.8) is 0 Å². The summed E-state index contributed by atoms with van der Waals surface area (Å²) >= 11 is 0. The van der Waals surface area contributed by atoms with Crippen LogP contribution in [-0.4, -0.2) is 49.2 Å². The van der Waals surface area contributed by atoms with E-state index in [1.807, 2.05) is 0 Å². The van der Waals surface area contributed by atoms with Gasteiger partial charge in [0.25, 0.3) is 0 Å². The van der Waals surface area contributed by atoms with Crippen LogP contribution in [0.1, 0.15) is 12.5 Å². The second kappa shape index (κ2) is 7.12. The highest BCUT2D eigenvalue weighted by molar-refractivity contribution is 5.65. The lowest BCUT2D eigenvalue weighted by atomic mass is 9.96. The van der Waals surface area contributed by atoms with Crippen molar-refractivity contribution in [2.45, 2.75) is 18.9 Å². The van der Waals surface area contributed by atoms with E-state index in [0.717, 1.165) is 5.56 Å². The molecule has 0 heterocycles. The summed E-state index contributed by atoms with van der Waals surface area (Å²) in [6.45, 7) is 0.454. The predicted molar refractivity (Wildman–Crippen MR) is 71.9 cm³/mol. The van der Waals surface area contributed by atoms with Crippen LogP contribution in [0.25, 0.3) is 0 Å². The van der Waals surface area contributed by atoms with Crippen molar-refractivity contribution >= 4 is 5.97 Å². The summed E-state index contributed by atoms with van der Waals surface area (Å²) in [4.78, 5) is 10.8. The van der Waals surface area contributed by atoms with Gasteiger partial charge in [-0.05, 0) is 17.7 Å². The van der Waals surface area contributed by atoms with Gasteiger partial charge in [-0.2, -0.15) is 0 Å². The summed E-state index contributed by atoms with van der Waals surface area (Å²) in [6, 6.07) is 5.15. The first-order chi connectivity index (χ1) is 9.44. The van der Waals surface area contributed by atoms with Gasteiger partial charge in [0.1, 0.15) is 12.2 Å². The first-order valence-electron chi connectivity index (χ1n) is 6.11. The molecular formula is C14H20O6. The molecule has 0 aliphatic heterocycles. The van der Waals surface area contributed by atoms with E-state index in [0.29, 0.717) is 11.5 Å². The van der Waals surface area contributed by atoms with Gasteiger partial charge in [0, 0.05) is 13.3 Å². The average Bonchev–Trinajstić information content (AvgIpc) is 2.45. The van der Waals surface area contributed by atoms with Crippen LogP contribution in [0, 0.1) is 0 Å². The summed E-state index contributed by atoms with van der Waals surface area (Å²) in [5.74, 6) is 0.589. The van der Waals surface area contributed by atoms with Gasteiger partial charge in [-0.15, -0.1) is 0 Å². The Morgan fingerprint density at radius 3 is 2.40 bits per heavy atom. The van der Waals surface area contributed by atoms with Gasteiger partial charge in [-0.3, -0.25) is 4.79 Å². The molecule has 0 saturated carbocycles. The second-order valence-electron chi connectivity index (χ2n) is 4.53. The molecule has 1 atom stereocenters. The van der Waals surface area contributed by atoms with E-state index >= 15 is 0 Å². The Balaban J connectivity index is 2.86. The van der Waals surface area contributed by atoms with Gasteiger partial charge in [0.2, 0.25) is 0 Å². The molecule has 0 aromatic heterocycles. The molecule has 20 heavy (non-hydrogen) atoms. The van der Waals surface area contributed by atoms with Crippen molar-refractivity contribution in [1.82, 2.24) is 0 Å². The van der Waals surface area contributed by atoms with E-state index in [4.69, 9.17) is 14.2 Å². The molecule has 0 bridgehead atoms. The molecule has 6 nitrogen and oxygen atoms in total. The number of ether oxygens (including phenoxy) is 3. The lowest BCUT2D eigenvalue weighted by molar-refractivity contribution is -0.151. The van der Waals surface area contributed by atoms with Gasteiger partial charge >= 0.3 is 5.97 Å². The van der Waals surface area contributed by atoms with E-state index < -0.39 is 18.2 Å². The Hall–Kier alpha value is -1.79. The minimum atomic E-state index is -1.52. The quantitative estimate of drug-likeness (QED) is 0.711. The molecule has 0 radical (unpaired) electrons. The van der Waals surface area contributed by atoms with Gasteiger partial charge in [0.05, 0.1) is 20.8 Å². The maximum atomic E-state index is 10.8. The summed E-state index contributed by atoms with van der Waals surface area (Å²) in [7, 11) is 3.04. The van der Waals surface area contributed by atoms with E-state index in [1.165, 1.54) is 21.1 Å². The number of aliphatic hydroxyl groups excluding tert-OH is 1. The fourth-order valence-corrected chi connectivity index (χ4v) is 1.76. The minimum Gasteiger partial charge on any atom is -0.493 e. The molecule has 2 N–H and O–H groups in total. The van der Waals surface area contributed by atoms with E-state index in [1.54, 1.807) is 18.2 Å². The highest BCUT2D eigenvalue weighted by Crippen LogP contribution is 2.29. The number of hydrogen-bond donors (Lipinski definition) is 2. The fourth-order valence-electron chi connectivity index (χ4n) is 1.76. The van der Waals surface area contributed by atoms with E-state index in [2.05, 4.69) is 0 Å². The molecule has 1 aromatic carbocycles. The van der Waals surface area contributed by atoms with Crippen molar-refractivity contribution in [3.8, 4) is 11.5 Å². The van der Waals surface area contributed by atoms with Crippen LogP contribution in [0.3, 0.4) is 0 Å². The largest absolute Gasteiger partial charge is 0.493 e. The zero-order valence-electron chi connectivity index (χ0n) is 11.9. The zero-order chi connectivity index (χ0) is 15.2. The molecule has 0 unspecified atom stereocenters. The highest BCUT2D eigenvalue weighted by Gasteiger charge is 2.28. The Morgan fingerprint density at radius 2 is 1.90 bits per heavy atom. The maximum absolute atomic E-state index is 10.8.